The Hall–Kier alpha value is -2.06. The summed E-state index contributed by atoms with van der Waals surface area (Å²) in [7, 11) is 0. The second-order valence-corrected chi connectivity index (χ2v) is 6.77. The first-order valence-electron chi connectivity index (χ1n) is 7.14. The van der Waals surface area contributed by atoms with Gasteiger partial charge in [-0.25, -0.2) is 14.6 Å². The Morgan fingerprint density at radius 2 is 2.14 bits per heavy atom. The van der Waals surface area contributed by atoms with E-state index in [1.165, 1.54) is 10.4 Å². The van der Waals surface area contributed by atoms with Crippen LogP contribution in [0.25, 0.3) is 10.2 Å². The molecule has 0 bridgehead atoms. The molecule has 0 atom stereocenters. The van der Waals surface area contributed by atoms with Gasteiger partial charge < -0.3 is 10.0 Å². The third-order valence-corrected chi connectivity index (χ3v) is 5.32. The normalized spacial score (nSPS) is 15.5. The number of aliphatic hydroxyl groups excluding tert-OH is 1. The summed E-state index contributed by atoms with van der Waals surface area (Å²) >= 11 is 1.72. The highest BCUT2D eigenvalue weighted by atomic mass is 32.1. The van der Waals surface area contributed by atoms with Crippen molar-refractivity contribution in [3.8, 4) is 0 Å². The molecule has 1 aliphatic heterocycles. The minimum atomic E-state index is -0.0731. The molecule has 7 nitrogen and oxygen atoms in total. The third kappa shape index (κ3) is 1.98. The van der Waals surface area contributed by atoms with Gasteiger partial charge in [0.15, 0.2) is 0 Å². The molecule has 3 aromatic rings. The summed E-state index contributed by atoms with van der Waals surface area (Å²) in [6, 6.07) is 0.276. The van der Waals surface area contributed by atoms with Crippen LogP contribution in [0.4, 0.5) is 5.82 Å². The summed E-state index contributed by atoms with van der Waals surface area (Å²) in [4.78, 5) is 13.5. The number of aryl methyl sites for hydroxylation is 2. The second kappa shape index (κ2) is 4.99. The average Bonchev–Trinajstić information content (AvgIpc) is 3.04. The number of aromatic nitrogens is 5. The lowest BCUT2D eigenvalue weighted by atomic mass is 10.1. The number of thiophene rings is 1. The molecule has 0 aromatic carbocycles. The molecule has 22 heavy (non-hydrogen) atoms. The maximum Gasteiger partial charge on any atom is 0.141 e. The van der Waals surface area contributed by atoms with E-state index in [0.717, 1.165) is 29.1 Å². The molecule has 1 aliphatic rings. The summed E-state index contributed by atoms with van der Waals surface area (Å²) in [5.41, 5.74) is 1.87. The highest BCUT2D eigenvalue weighted by Crippen LogP contribution is 2.37. The van der Waals surface area contributed by atoms with E-state index in [2.05, 4.69) is 39.0 Å². The Labute approximate surface area is 131 Å². The molecule has 1 saturated heterocycles. The van der Waals surface area contributed by atoms with E-state index in [4.69, 9.17) is 5.11 Å². The van der Waals surface area contributed by atoms with Crippen LogP contribution in [0.5, 0.6) is 0 Å². The Kier molecular flexibility index (Phi) is 3.08. The molecule has 8 heteroatoms. The van der Waals surface area contributed by atoms with Gasteiger partial charge in [0, 0.05) is 18.0 Å². The first-order valence-corrected chi connectivity index (χ1v) is 7.96. The molecule has 1 fully saturated rings. The van der Waals surface area contributed by atoms with Crippen LogP contribution < -0.4 is 4.90 Å². The fourth-order valence-electron chi connectivity index (χ4n) is 2.76. The van der Waals surface area contributed by atoms with E-state index in [1.54, 1.807) is 23.9 Å². The maximum atomic E-state index is 9.06. The number of fused-ring (bicyclic) bond motifs is 1. The van der Waals surface area contributed by atoms with Crippen molar-refractivity contribution >= 4 is 27.4 Å². The number of hydrogen-bond acceptors (Lipinski definition) is 7. The van der Waals surface area contributed by atoms with Crippen molar-refractivity contribution in [1.29, 1.82) is 0 Å². The predicted molar refractivity (Wildman–Crippen MR) is 84.1 cm³/mol. The Morgan fingerprint density at radius 1 is 1.32 bits per heavy atom. The molecule has 0 radical (unpaired) electrons. The summed E-state index contributed by atoms with van der Waals surface area (Å²) in [5, 5.41) is 18.2. The molecular formula is C14H16N6OS. The van der Waals surface area contributed by atoms with Crippen LogP contribution in [-0.4, -0.2) is 43.2 Å². The van der Waals surface area contributed by atoms with E-state index in [-0.39, 0.29) is 12.6 Å². The van der Waals surface area contributed by atoms with Crippen LogP contribution in [0.15, 0.2) is 12.5 Å². The molecule has 4 heterocycles. The van der Waals surface area contributed by atoms with Crippen LogP contribution in [0, 0.1) is 13.8 Å². The van der Waals surface area contributed by atoms with Crippen LogP contribution >= 0.6 is 11.3 Å². The minimum Gasteiger partial charge on any atom is -0.390 e. The number of nitrogens with zero attached hydrogens (tertiary/aromatic N) is 6. The monoisotopic (exact) mass is 316 g/mol. The Balaban J connectivity index is 1.60. The van der Waals surface area contributed by atoms with E-state index >= 15 is 0 Å². The molecule has 0 saturated carbocycles. The SMILES string of the molecule is Cc1sc2ncnc(N3CC(n4cc(CO)nn4)C3)c2c1C. The van der Waals surface area contributed by atoms with Crippen LogP contribution in [0.1, 0.15) is 22.2 Å². The van der Waals surface area contributed by atoms with E-state index in [9.17, 15) is 0 Å². The first kappa shape index (κ1) is 13.6. The van der Waals surface area contributed by atoms with Crippen molar-refractivity contribution in [2.45, 2.75) is 26.5 Å². The lowest BCUT2D eigenvalue weighted by molar-refractivity contribution is 0.276. The number of aliphatic hydroxyl groups is 1. The quantitative estimate of drug-likeness (QED) is 0.788. The molecule has 4 rings (SSSR count). The zero-order valence-electron chi connectivity index (χ0n) is 12.4. The van der Waals surface area contributed by atoms with Crippen LogP contribution in [0.2, 0.25) is 0 Å². The molecule has 114 valence electrons. The van der Waals surface area contributed by atoms with Crippen molar-refractivity contribution in [2.75, 3.05) is 18.0 Å². The van der Waals surface area contributed by atoms with Gasteiger partial charge in [-0.2, -0.15) is 0 Å². The van der Waals surface area contributed by atoms with Gasteiger partial charge >= 0.3 is 0 Å². The lowest BCUT2D eigenvalue weighted by Gasteiger charge is -2.40. The lowest BCUT2D eigenvalue weighted by Crippen LogP contribution is -2.48. The fraction of sp³-hybridized carbons (Fsp3) is 0.429. The highest BCUT2D eigenvalue weighted by molar-refractivity contribution is 7.18. The van der Waals surface area contributed by atoms with Gasteiger partial charge in [0.25, 0.3) is 0 Å². The molecule has 0 amide bonds. The van der Waals surface area contributed by atoms with E-state index < -0.39 is 0 Å². The molecule has 3 aromatic heterocycles. The number of anilines is 1. The van der Waals surface area contributed by atoms with Gasteiger partial charge in [-0.15, -0.1) is 16.4 Å². The third-order valence-electron chi connectivity index (χ3n) is 4.20. The van der Waals surface area contributed by atoms with Crippen LogP contribution in [-0.2, 0) is 6.61 Å². The smallest absolute Gasteiger partial charge is 0.141 e. The van der Waals surface area contributed by atoms with E-state index in [1.807, 2.05) is 4.68 Å². The zero-order valence-corrected chi connectivity index (χ0v) is 13.2. The molecule has 0 aliphatic carbocycles. The van der Waals surface area contributed by atoms with Gasteiger partial charge in [-0.3, -0.25) is 0 Å². The van der Waals surface area contributed by atoms with Crippen LogP contribution in [0.3, 0.4) is 0 Å². The molecular weight excluding hydrogens is 300 g/mol. The van der Waals surface area contributed by atoms with Crippen molar-refractivity contribution < 1.29 is 5.11 Å². The van der Waals surface area contributed by atoms with Gasteiger partial charge in [-0.05, 0) is 19.4 Å². The van der Waals surface area contributed by atoms with Crippen molar-refractivity contribution in [3.05, 3.63) is 28.7 Å². The van der Waals surface area contributed by atoms with Crippen molar-refractivity contribution in [1.82, 2.24) is 25.0 Å². The number of hydrogen-bond donors (Lipinski definition) is 1. The van der Waals surface area contributed by atoms with Gasteiger partial charge in [-0.1, -0.05) is 5.21 Å². The first-order chi connectivity index (χ1) is 10.7. The summed E-state index contributed by atoms with van der Waals surface area (Å²) < 4.78 is 1.83. The van der Waals surface area contributed by atoms with E-state index in [0.29, 0.717) is 5.69 Å². The summed E-state index contributed by atoms with van der Waals surface area (Å²) in [6.45, 7) is 5.86. The topological polar surface area (TPSA) is 80.0 Å². The standard InChI is InChI=1S/C14H16N6OS/c1-8-9(2)22-14-12(8)13(15-7-16-14)19-4-11(5-19)20-3-10(6-21)17-18-20/h3,7,11,21H,4-6H2,1-2H3. The fourth-order valence-corrected chi connectivity index (χ4v) is 3.75. The van der Waals surface area contributed by atoms with Gasteiger partial charge in [0.1, 0.15) is 22.7 Å². The summed E-state index contributed by atoms with van der Waals surface area (Å²) in [5.74, 6) is 1.01. The second-order valence-electron chi connectivity index (χ2n) is 5.57. The maximum absolute atomic E-state index is 9.06. The Morgan fingerprint density at radius 3 is 2.86 bits per heavy atom. The highest BCUT2D eigenvalue weighted by Gasteiger charge is 2.32. The summed E-state index contributed by atoms with van der Waals surface area (Å²) in [6.07, 6.45) is 3.44. The number of rotatable bonds is 3. The van der Waals surface area contributed by atoms with Crippen molar-refractivity contribution in [2.24, 2.45) is 0 Å². The van der Waals surface area contributed by atoms with Gasteiger partial charge in [0.05, 0.1) is 24.2 Å². The predicted octanol–water partition coefficient (Wildman–Crippen LogP) is 1.45. The molecule has 1 N–H and O–H groups in total. The molecule has 0 spiro atoms. The van der Waals surface area contributed by atoms with Gasteiger partial charge in [0.2, 0.25) is 0 Å². The minimum absolute atomic E-state index is 0.0731. The average molecular weight is 316 g/mol. The molecule has 0 unspecified atom stereocenters. The van der Waals surface area contributed by atoms with Crippen molar-refractivity contribution in [3.63, 3.8) is 0 Å². The zero-order chi connectivity index (χ0) is 15.3. The largest absolute Gasteiger partial charge is 0.390 e. The Bertz CT molecular complexity index is 835.